The number of Topliss-reactive ketones (excluding diaryl/α,β-unsaturated/α-hetero) is 1. The van der Waals surface area contributed by atoms with Gasteiger partial charge >= 0.3 is 5.97 Å². The number of rotatable bonds is 2. The van der Waals surface area contributed by atoms with Crippen molar-refractivity contribution in [3.63, 3.8) is 0 Å². The first-order valence-corrected chi connectivity index (χ1v) is 5.58. The Kier molecular flexibility index (Phi) is 2.55. The Labute approximate surface area is 96.5 Å². The first-order valence-electron chi connectivity index (χ1n) is 4.76. The molecule has 0 bridgehead atoms. The molecule has 0 fully saturated rings. The molecule has 0 radical (unpaired) electrons. The van der Waals surface area contributed by atoms with Crippen LogP contribution in [-0.2, 0) is 4.74 Å². The Morgan fingerprint density at radius 3 is 2.62 bits per heavy atom. The summed E-state index contributed by atoms with van der Waals surface area (Å²) < 4.78 is 6.48. The van der Waals surface area contributed by atoms with Crippen LogP contribution in [0, 0.1) is 6.92 Å². The Balaban J connectivity index is 2.70. The van der Waals surface area contributed by atoms with Crippen LogP contribution in [-0.4, -0.2) is 23.3 Å². The molecule has 0 saturated heterocycles. The van der Waals surface area contributed by atoms with E-state index in [-0.39, 0.29) is 11.8 Å². The molecule has 2 rings (SSSR count). The third-order valence-corrected chi connectivity index (χ3v) is 3.64. The lowest BCUT2D eigenvalue weighted by atomic mass is 10.3. The molecule has 2 heterocycles. The number of nitrogens with zero attached hydrogens (tertiary/aromatic N) is 1. The van der Waals surface area contributed by atoms with Crippen LogP contribution in [0.3, 0.4) is 0 Å². The average molecular weight is 237 g/mol. The highest BCUT2D eigenvalue weighted by molar-refractivity contribution is 7.19. The van der Waals surface area contributed by atoms with Gasteiger partial charge in [-0.25, -0.2) is 4.79 Å². The number of carbonyl (C=O) groups is 2. The van der Waals surface area contributed by atoms with E-state index in [9.17, 15) is 9.59 Å². The maximum atomic E-state index is 11.5. The first kappa shape index (κ1) is 10.9. The Bertz CT molecular complexity index is 579. The molecule has 0 atom stereocenters. The van der Waals surface area contributed by atoms with E-state index in [1.807, 2.05) is 13.0 Å². The Morgan fingerprint density at radius 2 is 2.06 bits per heavy atom. The van der Waals surface area contributed by atoms with Crippen LogP contribution in [0.15, 0.2) is 12.1 Å². The third-order valence-electron chi connectivity index (χ3n) is 2.45. The molecule has 0 saturated carbocycles. The van der Waals surface area contributed by atoms with Gasteiger partial charge in [-0.1, -0.05) is 0 Å². The van der Waals surface area contributed by atoms with Crippen molar-refractivity contribution in [2.45, 2.75) is 13.8 Å². The fourth-order valence-electron chi connectivity index (χ4n) is 1.68. The van der Waals surface area contributed by atoms with Gasteiger partial charge in [0.15, 0.2) is 5.78 Å². The summed E-state index contributed by atoms with van der Waals surface area (Å²) in [4.78, 5) is 24.3. The smallest absolute Gasteiger partial charge is 0.349 e. The molecule has 16 heavy (non-hydrogen) atoms. The van der Waals surface area contributed by atoms with Crippen molar-refractivity contribution in [1.29, 1.82) is 0 Å². The molecule has 0 aliphatic heterocycles. The maximum absolute atomic E-state index is 11.5. The number of aromatic nitrogens is 1. The molecule has 2 aromatic heterocycles. The van der Waals surface area contributed by atoms with Gasteiger partial charge in [-0.2, -0.15) is 0 Å². The molecule has 4 nitrogen and oxygen atoms in total. The van der Waals surface area contributed by atoms with Crippen molar-refractivity contribution in [3.05, 3.63) is 28.4 Å². The predicted molar refractivity (Wildman–Crippen MR) is 61.4 cm³/mol. The lowest BCUT2D eigenvalue weighted by Crippen LogP contribution is -2.04. The minimum atomic E-state index is -0.360. The average Bonchev–Trinajstić information content (AvgIpc) is 2.78. The number of ether oxygens (including phenoxy) is 1. The van der Waals surface area contributed by atoms with E-state index >= 15 is 0 Å². The number of ketones is 1. The fourth-order valence-corrected chi connectivity index (χ4v) is 2.76. The lowest BCUT2D eigenvalue weighted by Gasteiger charge is -1.99. The minimum absolute atomic E-state index is 0.0164. The van der Waals surface area contributed by atoms with Crippen LogP contribution < -0.4 is 0 Å². The quantitative estimate of drug-likeness (QED) is 0.594. The summed E-state index contributed by atoms with van der Waals surface area (Å²) in [5.41, 5.74) is 1.35. The van der Waals surface area contributed by atoms with E-state index < -0.39 is 0 Å². The van der Waals surface area contributed by atoms with Crippen molar-refractivity contribution in [1.82, 2.24) is 4.40 Å². The van der Waals surface area contributed by atoms with Crippen molar-refractivity contribution in [3.8, 4) is 0 Å². The zero-order valence-electron chi connectivity index (χ0n) is 9.23. The van der Waals surface area contributed by atoms with Gasteiger partial charge in [0.2, 0.25) is 0 Å². The molecule has 0 aliphatic rings. The highest BCUT2D eigenvalue weighted by atomic mass is 32.1. The van der Waals surface area contributed by atoms with E-state index in [2.05, 4.69) is 4.74 Å². The minimum Gasteiger partial charge on any atom is -0.465 e. The topological polar surface area (TPSA) is 47.8 Å². The first-order chi connectivity index (χ1) is 7.56. The molecular formula is C11H11NO3S. The number of aryl methyl sites for hydroxylation is 1. The molecule has 5 heteroatoms. The van der Waals surface area contributed by atoms with Crippen molar-refractivity contribution in [2.24, 2.45) is 0 Å². The maximum Gasteiger partial charge on any atom is 0.349 e. The van der Waals surface area contributed by atoms with Gasteiger partial charge in [0.1, 0.15) is 9.71 Å². The van der Waals surface area contributed by atoms with Gasteiger partial charge in [-0.05, 0) is 19.1 Å². The van der Waals surface area contributed by atoms with Gasteiger partial charge in [0, 0.05) is 12.6 Å². The molecule has 0 aliphatic carbocycles. The summed E-state index contributed by atoms with van der Waals surface area (Å²) in [6.07, 6.45) is 0. The van der Waals surface area contributed by atoms with Crippen molar-refractivity contribution in [2.75, 3.05) is 7.11 Å². The summed E-state index contributed by atoms with van der Waals surface area (Å²) in [7, 11) is 1.35. The second-order valence-electron chi connectivity index (χ2n) is 3.46. The summed E-state index contributed by atoms with van der Waals surface area (Å²) in [6.45, 7) is 3.32. The Hall–Kier alpha value is -1.62. The van der Waals surface area contributed by atoms with Crippen LogP contribution in [0.4, 0.5) is 0 Å². The Morgan fingerprint density at radius 1 is 1.38 bits per heavy atom. The normalized spacial score (nSPS) is 10.7. The third kappa shape index (κ3) is 1.44. The number of hydrogen-bond donors (Lipinski definition) is 0. The van der Waals surface area contributed by atoms with E-state index in [0.29, 0.717) is 10.6 Å². The van der Waals surface area contributed by atoms with E-state index in [4.69, 9.17) is 0 Å². The van der Waals surface area contributed by atoms with Crippen LogP contribution >= 0.6 is 11.3 Å². The van der Waals surface area contributed by atoms with Crippen LogP contribution in [0.2, 0.25) is 0 Å². The highest BCUT2D eigenvalue weighted by Gasteiger charge is 2.19. The van der Waals surface area contributed by atoms with E-state index in [1.54, 1.807) is 10.5 Å². The molecule has 0 spiro atoms. The standard InChI is InChI=1S/C11H11NO3S/c1-6-10(11(14)15-3)16-9-5-4-8(7(2)13)12(6)9/h4-5H,1-3H3. The fraction of sp³-hybridized carbons (Fsp3) is 0.273. The molecule has 0 N–H and O–H groups in total. The van der Waals surface area contributed by atoms with Gasteiger partial charge in [0.05, 0.1) is 12.8 Å². The predicted octanol–water partition coefficient (Wildman–Crippen LogP) is 2.30. The van der Waals surface area contributed by atoms with Crippen LogP contribution in [0.1, 0.15) is 32.8 Å². The van der Waals surface area contributed by atoms with Crippen LogP contribution in [0.25, 0.3) is 4.83 Å². The zero-order valence-corrected chi connectivity index (χ0v) is 10.1. The van der Waals surface area contributed by atoms with E-state index in [1.165, 1.54) is 25.4 Å². The van der Waals surface area contributed by atoms with Gasteiger partial charge in [0.25, 0.3) is 0 Å². The highest BCUT2D eigenvalue weighted by Crippen LogP contribution is 2.26. The number of carbonyl (C=O) groups excluding carboxylic acids is 2. The van der Waals surface area contributed by atoms with Gasteiger partial charge in [-0.15, -0.1) is 11.3 Å². The van der Waals surface area contributed by atoms with E-state index in [0.717, 1.165) is 10.5 Å². The number of esters is 1. The largest absolute Gasteiger partial charge is 0.465 e. The summed E-state index contributed by atoms with van der Waals surface area (Å²) in [5, 5.41) is 0. The van der Waals surface area contributed by atoms with Crippen LogP contribution in [0.5, 0.6) is 0 Å². The SMILES string of the molecule is COC(=O)c1sc2ccc(C(C)=O)n2c1C. The number of thiazole rings is 1. The summed E-state index contributed by atoms with van der Waals surface area (Å²) in [5.74, 6) is -0.377. The number of hydrogen-bond acceptors (Lipinski definition) is 4. The van der Waals surface area contributed by atoms with Gasteiger partial charge < -0.3 is 9.14 Å². The number of fused-ring (bicyclic) bond motifs is 1. The van der Waals surface area contributed by atoms with Gasteiger partial charge in [-0.3, -0.25) is 4.79 Å². The monoisotopic (exact) mass is 237 g/mol. The number of methoxy groups -OCH3 is 1. The molecule has 84 valence electrons. The molecule has 0 aromatic carbocycles. The lowest BCUT2D eigenvalue weighted by molar-refractivity contribution is 0.0604. The summed E-state index contributed by atoms with van der Waals surface area (Å²) in [6, 6.07) is 3.60. The molecule has 2 aromatic rings. The molecule has 0 amide bonds. The second kappa shape index (κ2) is 3.75. The van der Waals surface area contributed by atoms with Crippen molar-refractivity contribution < 1.29 is 14.3 Å². The molecular weight excluding hydrogens is 226 g/mol. The molecule has 0 unspecified atom stereocenters. The second-order valence-corrected chi connectivity index (χ2v) is 4.49. The summed E-state index contributed by atoms with van der Waals surface area (Å²) >= 11 is 1.33. The zero-order chi connectivity index (χ0) is 11.9. The van der Waals surface area contributed by atoms with Crippen molar-refractivity contribution >= 4 is 27.9 Å².